The van der Waals surface area contributed by atoms with Crippen LogP contribution < -0.4 is 0 Å². The summed E-state index contributed by atoms with van der Waals surface area (Å²) < 4.78 is 0.0658. The van der Waals surface area contributed by atoms with Crippen LogP contribution in [0.25, 0.3) is 45.5 Å². The van der Waals surface area contributed by atoms with E-state index in [2.05, 4.69) is 172 Å². The van der Waals surface area contributed by atoms with Gasteiger partial charge in [0.15, 0.2) is 0 Å². The molecule has 0 saturated carbocycles. The van der Waals surface area contributed by atoms with Crippen molar-refractivity contribution in [3.63, 3.8) is 0 Å². The van der Waals surface area contributed by atoms with Crippen molar-refractivity contribution in [2.75, 3.05) is 0 Å². The molecular weight excluding hydrogens is 767 g/mol. The van der Waals surface area contributed by atoms with E-state index in [-0.39, 0.29) is 7.25 Å². The Balaban J connectivity index is 1.52. The first-order valence-corrected chi connectivity index (χ1v) is 35.3. The molecule has 5 aromatic carbocycles. The molecule has 0 N–H and O–H groups in total. The number of hydrogen-bond acceptors (Lipinski definition) is 0. The van der Waals surface area contributed by atoms with E-state index in [0.29, 0.717) is 5.92 Å². The molecule has 267 valence electrons. The molecule has 2 aliphatic rings. The first-order chi connectivity index (χ1) is 24.5. The summed E-state index contributed by atoms with van der Waals surface area (Å²) in [6.45, 7) is 25.1. The van der Waals surface area contributed by atoms with Crippen molar-refractivity contribution in [2.24, 2.45) is 5.92 Å². The number of halogens is 2. The van der Waals surface area contributed by atoms with E-state index < -0.39 is 21.5 Å². The fourth-order valence-electron chi connectivity index (χ4n) is 9.80. The monoisotopic (exact) mass is 817 g/mol. The number of hydrogen-bond donors (Lipinski definition) is 0. The molecule has 2 aliphatic carbocycles. The third-order valence-electron chi connectivity index (χ3n) is 11.9. The van der Waals surface area contributed by atoms with Gasteiger partial charge in [0.1, 0.15) is 0 Å². The zero-order valence-electron chi connectivity index (χ0n) is 32.8. The molecule has 5 aromatic rings. The third-order valence-corrected chi connectivity index (χ3v) is 63.9. The van der Waals surface area contributed by atoms with Crippen LogP contribution in [0, 0.1) is 47.5 Å². The molecule has 52 heavy (non-hydrogen) atoms. The SMILES string of the molecule is CC1=Cc2c(-c3cc(C)cc(C)c3)cc(-c3cc(C)cc(C)c3)cc2[CH]1[Zr]([Cl])([Cl])([CH]1C(C(C)C)=Cc2c(-c3cc(C)cc(C)c3)cccc21)[SiH](C)C. The summed E-state index contributed by atoms with van der Waals surface area (Å²) in [6.07, 6.45) is 4.95. The number of rotatable bonds is 7. The molecule has 2 unspecified atom stereocenters. The second-order valence-electron chi connectivity index (χ2n) is 16.9. The molecule has 0 heterocycles. The molecule has 0 spiro atoms. The quantitative estimate of drug-likeness (QED) is 0.144. The summed E-state index contributed by atoms with van der Waals surface area (Å²) in [7, 11) is 17.7. The van der Waals surface area contributed by atoms with E-state index in [9.17, 15) is 0 Å². The third kappa shape index (κ3) is 6.24. The summed E-state index contributed by atoms with van der Waals surface area (Å²) >= 11 is -4.98. The molecule has 0 bridgehead atoms. The van der Waals surface area contributed by atoms with Crippen molar-refractivity contribution < 1.29 is 15.6 Å². The minimum absolute atomic E-state index is 0.0184. The molecule has 4 heteroatoms. The van der Waals surface area contributed by atoms with E-state index >= 15 is 0 Å². The van der Waals surface area contributed by atoms with Crippen molar-refractivity contribution in [1.29, 1.82) is 0 Å². The molecule has 2 atom stereocenters. The van der Waals surface area contributed by atoms with Gasteiger partial charge in [-0.3, -0.25) is 0 Å². The van der Waals surface area contributed by atoms with Crippen molar-refractivity contribution in [3.05, 3.63) is 152 Å². The van der Waals surface area contributed by atoms with E-state index in [1.165, 1.54) is 100 Å². The van der Waals surface area contributed by atoms with Gasteiger partial charge in [0.2, 0.25) is 0 Å². The fraction of sp³-hybridized carbons (Fsp3) is 0.292. The van der Waals surface area contributed by atoms with Crippen LogP contribution in [-0.2, 0) is 15.6 Å². The summed E-state index contributed by atoms with van der Waals surface area (Å²) in [5, 5.41) is 0. The van der Waals surface area contributed by atoms with Crippen LogP contribution in [0.3, 0.4) is 0 Å². The Morgan fingerprint density at radius 1 is 0.519 bits per heavy atom. The van der Waals surface area contributed by atoms with Crippen molar-refractivity contribution in [3.8, 4) is 33.4 Å². The maximum absolute atomic E-state index is 8.83. The summed E-state index contributed by atoms with van der Waals surface area (Å²) in [5.74, 6) is -1.40. The maximum atomic E-state index is 8.83. The predicted octanol–water partition coefficient (Wildman–Crippen LogP) is 14.8. The molecular formula is C48H53Cl2SiZr. The molecule has 0 aromatic heterocycles. The van der Waals surface area contributed by atoms with Crippen LogP contribution in [0.2, 0.25) is 13.1 Å². The van der Waals surface area contributed by atoms with E-state index in [4.69, 9.17) is 17.0 Å². The van der Waals surface area contributed by atoms with Gasteiger partial charge in [-0.1, -0.05) is 0 Å². The normalized spacial score (nSPS) is 17.6. The summed E-state index contributed by atoms with van der Waals surface area (Å²) in [6, 6.07) is 32.6. The van der Waals surface area contributed by atoms with Crippen molar-refractivity contribution in [2.45, 2.75) is 82.7 Å². The summed E-state index contributed by atoms with van der Waals surface area (Å²) in [5.41, 5.74) is 23.3. The molecule has 0 radical (unpaired) electrons. The van der Waals surface area contributed by atoms with E-state index in [1.54, 1.807) is 0 Å². The van der Waals surface area contributed by atoms with Crippen molar-refractivity contribution >= 4 is 35.1 Å². The Bertz CT molecular complexity index is 2280. The van der Waals surface area contributed by atoms with E-state index in [1.807, 2.05) is 0 Å². The van der Waals surface area contributed by atoms with Gasteiger partial charge in [-0.05, 0) is 0 Å². The number of fused-ring (bicyclic) bond motifs is 2. The van der Waals surface area contributed by atoms with Crippen LogP contribution >= 0.6 is 17.0 Å². The van der Waals surface area contributed by atoms with Crippen LogP contribution in [0.15, 0.2) is 96.1 Å². The Morgan fingerprint density at radius 2 is 0.981 bits per heavy atom. The van der Waals surface area contributed by atoms with Crippen LogP contribution in [0.4, 0.5) is 0 Å². The number of aryl methyl sites for hydroxylation is 6. The van der Waals surface area contributed by atoms with Gasteiger partial charge in [-0.2, -0.15) is 0 Å². The molecule has 0 fully saturated rings. The average molecular weight is 820 g/mol. The Morgan fingerprint density at radius 3 is 1.48 bits per heavy atom. The number of benzene rings is 5. The Labute approximate surface area is 321 Å². The fourth-order valence-corrected chi connectivity index (χ4v) is 42.0. The van der Waals surface area contributed by atoms with Gasteiger partial charge < -0.3 is 0 Å². The zero-order chi connectivity index (χ0) is 37.5. The van der Waals surface area contributed by atoms with Crippen LogP contribution in [-0.4, -0.2) is 5.92 Å². The molecule has 0 saturated heterocycles. The van der Waals surface area contributed by atoms with Crippen molar-refractivity contribution in [1.82, 2.24) is 0 Å². The predicted molar refractivity (Wildman–Crippen MR) is 230 cm³/mol. The first-order valence-electron chi connectivity index (χ1n) is 19.0. The second kappa shape index (κ2) is 13.5. The van der Waals surface area contributed by atoms with Gasteiger partial charge in [0.05, 0.1) is 0 Å². The number of allylic oxidation sites excluding steroid dienone is 2. The van der Waals surface area contributed by atoms with Gasteiger partial charge in [-0.15, -0.1) is 0 Å². The molecule has 0 amide bonds. The van der Waals surface area contributed by atoms with Crippen LogP contribution in [0.5, 0.6) is 0 Å². The molecule has 0 aliphatic heterocycles. The minimum atomic E-state index is -4.98. The first kappa shape index (κ1) is 37.6. The second-order valence-corrected chi connectivity index (χ2v) is 59.4. The standard InChI is InChI=1S/C26H25.C20H21.C2H7Si.2ClH.Zr/c1-16-6-17(2)9-21(8-16)22-14-24-12-20(5)13-25(24)26(15-22)23-10-18(3)7-19(4)11-23;1-13(2)17-11-16-6-5-7-19(20(16)12-17)18-9-14(3)8-15(4)10-18;1-3-2;;;/h6-15H,1-5H3;5-13H,1-4H3;3H,1-2H3;2*1H;/q;;;;;+2/p-2. The molecule has 0 nitrogen and oxygen atoms in total. The Hall–Kier alpha value is -2.74. The average Bonchev–Trinajstić information content (AvgIpc) is 3.62. The van der Waals surface area contributed by atoms with Gasteiger partial charge in [-0.25, -0.2) is 0 Å². The van der Waals surface area contributed by atoms with E-state index in [0.717, 1.165) is 0 Å². The van der Waals surface area contributed by atoms with Gasteiger partial charge >= 0.3 is 324 Å². The summed E-state index contributed by atoms with van der Waals surface area (Å²) in [4.78, 5) is 0. The van der Waals surface area contributed by atoms with Crippen LogP contribution in [0.1, 0.15) is 83.7 Å². The molecule has 7 rings (SSSR count). The van der Waals surface area contributed by atoms with Gasteiger partial charge in [0, 0.05) is 0 Å². The Kier molecular flexibility index (Phi) is 9.77. The van der Waals surface area contributed by atoms with Gasteiger partial charge in [0.25, 0.3) is 0 Å². The zero-order valence-corrected chi connectivity index (χ0v) is 37.9. The topological polar surface area (TPSA) is 0 Å².